The molecule has 0 spiro atoms. The SMILES string of the molecule is C.C.C.CCC.CCO.CCONCCNC(=O)CCN1C(=O)C=CC1=O.NCONCCNC(=O)CCN1C(=O)C=CC1=O.S=PP=S. The third-order valence-corrected chi connectivity index (χ3v) is 7.16. The minimum Gasteiger partial charge on any atom is -0.397 e. The first-order chi connectivity index (χ1) is 22.0. The van der Waals surface area contributed by atoms with Gasteiger partial charge in [-0.15, -0.1) is 0 Å². The van der Waals surface area contributed by atoms with E-state index in [0.29, 0.717) is 32.8 Å². The van der Waals surface area contributed by atoms with Crippen molar-refractivity contribution in [3.63, 3.8) is 0 Å². The molecule has 49 heavy (non-hydrogen) atoms. The zero-order valence-electron chi connectivity index (χ0n) is 26.7. The number of nitrogens with one attached hydrogen (secondary N) is 4. The molecule has 2 heterocycles. The van der Waals surface area contributed by atoms with Crippen LogP contribution in [0.15, 0.2) is 24.3 Å². The lowest BCUT2D eigenvalue weighted by Crippen LogP contribution is -2.37. The lowest BCUT2D eigenvalue weighted by atomic mass is 10.3. The van der Waals surface area contributed by atoms with E-state index < -0.39 is 0 Å². The van der Waals surface area contributed by atoms with Crippen LogP contribution in [0.5, 0.6) is 0 Å². The molecule has 2 aliphatic rings. The van der Waals surface area contributed by atoms with Crippen molar-refractivity contribution in [3.8, 4) is 0 Å². The molecular formula is C29H59N7O9P2S2. The molecule has 0 atom stereocenters. The fraction of sp³-hybridized carbons (Fsp3) is 0.655. The van der Waals surface area contributed by atoms with Gasteiger partial charge in [-0.2, -0.15) is 5.48 Å². The van der Waals surface area contributed by atoms with Crippen molar-refractivity contribution in [2.75, 3.05) is 59.2 Å². The average molecular weight is 776 g/mol. The molecule has 7 N–H and O–H groups in total. The Hall–Kier alpha value is -2.50. The third-order valence-electron chi connectivity index (χ3n) is 4.49. The van der Waals surface area contributed by atoms with Crippen LogP contribution < -0.4 is 27.3 Å². The minimum absolute atomic E-state index is 0. The Balaban J connectivity index is -0.000000141. The highest BCUT2D eigenvalue weighted by molar-refractivity contribution is 8.40. The Morgan fingerprint density at radius 1 is 0.714 bits per heavy atom. The highest BCUT2D eigenvalue weighted by Gasteiger charge is 2.24. The maximum absolute atomic E-state index is 11.4. The highest BCUT2D eigenvalue weighted by atomic mass is 32.7. The van der Waals surface area contributed by atoms with Gasteiger partial charge in [-0.25, -0.2) is 5.48 Å². The smallest absolute Gasteiger partial charge is 0.253 e. The van der Waals surface area contributed by atoms with Crippen molar-refractivity contribution in [3.05, 3.63) is 24.3 Å². The van der Waals surface area contributed by atoms with Crippen LogP contribution >= 0.6 is 14.1 Å². The second kappa shape index (κ2) is 43.5. The summed E-state index contributed by atoms with van der Waals surface area (Å²) in [6, 6.07) is 0. The molecule has 0 radical (unpaired) electrons. The van der Waals surface area contributed by atoms with Gasteiger partial charge in [0, 0.05) is 97.1 Å². The van der Waals surface area contributed by atoms with Crippen molar-refractivity contribution in [2.24, 2.45) is 5.73 Å². The Morgan fingerprint density at radius 3 is 1.29 bits per heavy atom. The molecule has 0 saturated carbocycles. The summed E-state index contributed by atoms with van der Waals surface area (Å²) in [6.45, 7) is 10.6. The molecule has 0 bridgehead atoms. The molecule has 0 aromatic carbocycles. The molecule has 0 fully saturated rings. The van der Waals surface area contributed by atoms with E-state index in [1.807, 2.05) is 6.92 Å². The number of rotatable bonds is 17. The van der Waals surface area contributed by atoms with Gasteiger partial charge < -0.3 is 26.3 Å². The quantitative estimate of drug-likeness (QED) is 0.0409. The van der Waals surface area contributed by atoms with Gasteiger partial charge in [0.1, 0.15) is 6.73 Å². The standard InChI is InChI=1S/C11H17N3O4.C10H16N4O4.C3H8.C2H6O.3CH4.P2S2/c1-2-18-13-7-6-12-9(15)5-8-14-10(16)3-4-11(14)17;11-7-18-13-5-4-12-8(15)3-6-14-9(16)1-2-10(14)17;1-3-2;1-2-3;;;;3-1-2-4/h3-4,13H,2,5-8H2,1H3,(H,12,15);1-2,13H,3-7,11H2,(H,12,15);3H2,1-2H3;3H,2H2,1H3;3*1H4;. The summed E-state index contributed by atoms with van der Waals surface area (Å²) in [4.78, 5) is 79.1. The van der Waals surface area contributed by atoms with Gasteiger partial charge in [0.25, 0.3) is 23.6 Å². The fourth-order valence-electron chi connectivity index (χ4n) is 2.72. The van der Waals surface area contributed by atoms with Crippen LogP contribution in [0.25, 0.3) is 0 Å². The molecule has 0 saturated heterocycles. The lowest BCUT2D eigenvalue weighted by Gasteiger charge is -2.13. The van der Waals surface area contributed by atoms with Gasteiger partial charge in [0.05, 0.1) is 6.61 Å². The van der Waals surface area contributed by atoms with E-state index in [4.69, 9.17) is 15.7 Å². The number of nitrogens with zero attached hydrogens (tertiary/aromatic N) is 2. The molecule has 2 rings (SSSR count). The first-order valence-electron chi connectivity index (χ1n) is 14.3. The van der Waals surface area contributed by atoms with Crippen LogP contribution in [-0.4, -0.2) is 110 Å². The Labute approximate surface area is 305 Å². The van der Waals surface area contributed by atoms with Gasteiger partial charge in [-0.1, -0.05) is 42.5 Å². The Kier molecular flexibility index (Phi) is 52.1. The second-order valence-corrected chi connectivity index (χ2v) is 12.5. The van der Waals surface area contributed by atoms with Crippen molar-refractivity contribution < 1.29 is 43.5 Å². The Morgan fingerprint density at radius 2 is 1.02 bits per heavy atom. The maximum atomic E-state index is 11.4. The molecule has 0 aromatic heterocycles. The Bertz CT molecular complexity index is 884. The summed E-state index contributed by atoms with van der Waals surface area (Å²) in [5, 5.41) is 12.8. The zero-order valence-corrected chi connectivity index (χ0v) is 30.1. The number of hydrogen-bond acceptors (Lipinski definition) is 14. The molecular weight excluding hydrogens is 716 g/mol. The number of amides is 6. The molecule has 6 amide bonds. The number of carbonyl (C=O) groups excluding carboxylic acids is 6. The predicted octanol–water partition coefficient (Wildman–Crippen LogP) is 1.85. The number of hydroxylamine groups is 2. The number of carbonyl (C=O) groups is 6. The lowest BCUT2D eigenvalue weighted by molar-refractivity contribution is -0.139. The summed E-state index contributed by atoms with van der Waals surface area (Å²) in [5.74, 6) is -1.95. The summed E-state index contributed by atoms with van der Waals surface area (Å²) in [6.07, 6.45) is 6.21. The van der Waals surface area contributed by atoms with E-state index in [9.17, 15) is 28.8 Å². The normalized spacial score (nSPS) is 12.0. The molecule has 286 valence electrons. The van der Waals surface area contributed by atoms with Gasteiger partial charge in [-0.3, -0.25) is 43.4 Å². The van der Waals surface area contributed by atoms with Crippen molar-refractivity contribution in [2.45, 2.75) is 69.2 Å². The van der Waals surface area contributed by atoms with Gasteiger partial charge >= 0.3 is 0 Å². The maximum Gasteiger partial charge on any atom is 0.253 e. The van der Waals surface area contributed by atoms with Gasteiger partial charge in [0.2, 0.25) is 11.8 Å². The third kappa shape index (κ3) is 36.6. The first kappa shape index (κ1) is 58.7. The van der Waals surface area contributed by atoms with Crippen LogP contribution in [0.1, 0.15) is 69.2 Å². The minimum atomic E-state index is -0.384. The summed E-state index contributed by atoms with van der Waals surface area (Å²) in [5.41, 5.74) is 10.3. The van der Waals surface area contributed by atoms with Crippen molar-refractivity contribution in [1.82, 2.24) is 31.4 Å². The van der Waals surface area contributed by atoms with E-state index in [2.05, 4.69) is 63.9 Å². The number of imide groups is 2. The van der Waals surface area contributed by atoms with Crippen molar-refractivity contribution in [1.29, 1.82) is 0 Å². The van der Waals surface area contributed by atoms with E-state index in [1.165, 1.54) is 30.7 Å². The van der Waals surface area contributed by atoms with Crippen molar-refractivity contribution >= 4 is 73.1 Å². The molecule has 0 aliphatic carbocycles. The van der Waals surface area contributed by atoms with Crippen LogP contribution in [0, 0.1) is 0 Å². The summed E-state index contributed by atoms with van der Waals surface area (Å²) in [7, 11) is 1.74. The summed E-state index contributed by atoms with van der Waals surface area (Å²) >= 11 is 8.82. The van der Waals surface area contributed by atoms with E-state index in [-0.39, 0.29) is 97.0 Å². The number of aliphatic hydroxyl groups excluding tert-OH is 1. The number of aliphatic hydroxyl groups is 1. The molecule has 2 aliphatic heterocycles. The van der Waals surface area contributed by atoms with Crippen LogP contribution in [0.4, 0.5) is 0 Å². The largest absolute Gasteiger partial charge is 0.397 e. The van der Waals surface area contributed by atoms with Crippen LogP contribution in [0.3, 0.4) is 0 Å². The molecule has 0 aromatic rings. The molecule has 20 heteroatoms. The monoisotopic (exact) mass is 775 g/mol. The van der Waals surface area contributed by atoms with Gasteiger partial charge in [-0.05, 0) is 37.5 Å². The van der Waals surface area contributed by atoms with E-state index in [0.717, 1.165) is 23.9 Å². The van der Waals surface area contributed by atoms with Crippen LogP contribution in [-0.2, 0) is 62.1 Å². The number of hydrogen-bond donors (Lipinski definition) is 6. The second-order valence-electron chi connectivity index (χ2n) is 8.24. The molecule has 16 nitrogen and oxygen atoms in total. The fourth-order valence-corrected chi connectivity index (χ4v) is 2.72. The topological polar surface area (TPSA) is 222 Å². The predicted molar refractivity (Wildman–Crippen MR) is 202 cm³/mol. The average Bonchev–Trinajstić information content (AvgIpc) is 3.53. The first-order valence-corrected chi connectivity index (χ1v) is 18.8. The van der Waals surface area contributed by atoms with Crippen LogP contribution in [0.2, 0.25) is 0 Å². The molecule has 0 unspecified atom stereocenters. The van der Waals surface area contributed by atoms with E-state index >= 15 is 0 Å². The van der Waals surface area contributed by atoms with E-state index in [1.54, 1.807) is 6.92 Å². The number of nitrogens with two attached hydrogens (primary N) is 1. The van der Waals surface area contributed by atoms with Gasteiger partial charge in [0.15, 0.2) is 0 Å². The zero-order chi connectivity index (χ0) is 35.6. The summed E-state index contributed by atoms with van der Waals surface area (Å²) < 4.78 is 0. The highest BCUT2D eigenvalue weighted by Crippen LogP contribution is 2.10.